The van der Waals surface area contributed by atoms with Gasteiger partial charge in [-0.25, -0.2) is 8.42 Å². The number of amides is 1. The van der Waals surface area contributed by atoms with Crippen LogP contribution in [-0.4, -0.2) is 24.6 Å². The molecule has 9 heteroatoms. The first kappa shape index (κ1) is 21.6. The molecule has 1 aromatic heterocycles. The van der Waals surface area contributed by atoms with Crippen LogP contribution in [0.4, 0.5) is 0 Å². The molecule has 0 aliphatic carbocycles. The van der Waals surface area contributed by atoms with Crippen molar-refractivity contribution in [2.24, 2.45) is 4.99 Å². The molecule has 5 nitrogen and oxygen atoms in total. The highest BCUT2D eigenvalue weighted by Crippen LogP contribution is 2.31. The molecule has 0 aliphatic rings. The van der Waals surface area contributed by atoms with E-state index in [0.29, 0.717) is 25.1 Å². The van der Waals surface area contributed by atoms with Gasteiger partial charge in [-0.3, -0.25) is 4.79 Å². The number of carbonyl (C=O) groups excluding carboxylic acids is 1. The van der Waals surface area contributed by atoms with Crippen LogP contribution in [0, 0.1) is 12.3 Å². The zero-order chi connectivity index (χ0) is 21.0. The first-order chi connectivity index (χ1) is 13.8. The zero-order valence-electron chi connectivity index (χ0n) is 15.1. The number of nitrogens with zero attached hydrogens (tertiary/aromatic N) is 2. The van der Waals surface area contributed by atoms with E-state index in [1.807, 2.05) is 0 Å². The Bertz CT molecular complexity index is 1270. The Hall–Kier alpha value is -2.11. The molecule has 0 radical (unpaired) electrons. The number of hydrogen-bond acceptors (Lipinski definition) is 4. The third kappa shape index (κ3) is 4.90. The highest BCUT2D eigenvalue weighted by atomic mass is 35.5. The van der Waals surface area contributed by atoms with Crippen molar-refractivity contribution in [3.63, 3.8) is 0 Å². The van der Waals surface area contributed by atoms with Crippen molar-refractivity contribution in [3.05, 3.63) is 57.3 Å². The Morgan fingerprint density at radius 1 is 1.14 bits per heavy atom. The second-order valence-corrected chi connectivity index (χ2v) is 10.0. The molecule has 2 aromatic carbocycles. The number of thiazole rings is 1. The van der Waals surface area contributed by atoms with E-state index in [-0.39, 0.29) is 30.0 Å². The SMILES string of the molecule is C#CCn1c(=NC(=O)CCCS(=O)(=O)c2ccccc2)sc2c(Cl)ccc(Cl)c21. The van der Waals surface area contributed by atoms with Crippen LogP contribution in [0.2, 0.25) is 10.0 Å². The lowest BCUT2D eigenvalue weighted by Gasteiger charge is -2.03. The highest BCUT2D eigenvalue weighted by molar-refractivity contribution is 7.91. The van der Waals surface area contributed by atoms with Gasteiger partial charge in [0.2, 0.25) is 5.91 Å². The number of halogens is 2. The Balaban J connectivity index is 1.82. The Kier molecular flexibility index (Phi) is 6.81. The average molecular weight is 467 g/mol. The van der Waals surface area contributed by atoms with Gasteiger partial charge in [0.05, 0.1) is 37.5 Å². The second kappa shape index (κ2) is 9.14. The Morgan fingerprint density at radius 3 is 2.52 bits per heavy atom. The largest absolute Gasteiger partial charge is 0.303 e. The number of sulfone groups is 1. The van der Waals surface area contributed by atoms with Gasteiger partial charge in [0, 0.05) is 6.42 Å². The third-order valence-corrected chi connectivity index (χ3v) is 7.76. The lowest BCUT2D eigenvalue weighted by molar-refractivity contribution is -0.118. The maximum atomic E-state index is 12.4. The first-order valence-electron chi connectivity index (χ1n) is 8.59. The number of aromatic nitrogens is 1. The summed E-state index contributed by atoms with van der Waals surface area (Å²) < 4.78 is 27.0. The molecule has 0 unspecified atom stereocenters. The molecular weight excluding hydrogens is 451 g/mol. The van der Waals surface area contributed by atoms with Crippen molar-refractivity contribution in [2.75, 3.05) is 5.75 Å². The van der Waals surface area contributed by atoms with Crippen LogP contribution in [0.3, 0.4) is 0 Å². The Morgan fingerprint density at radius 2 is 1.83 bits per heavy atom. The van der Waals surface area contributed by atoms with Gasteiger partial charge >= 0.3 is 0 Å². The molecule has 0 bridgehead atoms. The minimum Gasteiger partial charge on any atom is -0.303 e. The van der Waals surface area contributed by atoms with Crippen LogP contribution in [0.1, 0.15) is 12.8 Å². The summed E-state index contributed by atoms with van der Waals surface area (Å²) in [5, 5.41) is 0.946. The monoisotopic (exact) mass is 466 g/mol. The van der Waals surface area contributed by atoms with E-state index in [1.165, 1.54) is 23.5 Å². The van der Waals surface area contributed by atoms with Crippen molar-refractivity contribution >= 4 is 60.5 Å². The maximum Gasteiger partial charge on any atom is 0.248 e. The second-order valence-electron chi connectivity index (χ2n) is 6.12. The van der Waals surface area contributed by atoms with Crippen LogP contribution in [0.25, 0.3) is 10.2 Å². The number of benzene rings is 2. The number of rotatable bonds is 6. The summed E-state index contributed by atoms with van der Waals surface area (Å²) >= 11 is 13.7. The van der Waals surface area contributed by atoms with E-state index in [4.69, 9.17) is 29.6 Å². The summed E-state index contributed by atoms with van der Waals surface area (Å²) in [4.78, 5) is 17.1. The quantitative estimate of drug-likeness (QED) is 0.507. The number of terminal acetylenes is 1. The molecule has 0 saturated carbocycles. The molecular formula is C20H16Cl2N2O3S2. The molecule has 150 valence electrons. The molecule has 0 saturated heterocycles. The standard InChI is InChI=1S/C20H16Cl2N2O3S2/c1-2-12-24-18-15(21)10-11-16(22)19(18)28-20(24)23-17(25)9-6-13-29(26,27)14-7-4-3-5-8-14/h1,3-5,7-8,10-11H,6,9,12-13H2. The van der Waals surface area contributed by atoms with Crippen LogP contribution in [-0.2, 0) is 21.2 Å². The summed E-state index contributed by atoms with van der Waals surface area (Å²) in [6.07, 6.45) is 5.61. The highest BCUT2D eigenvalue weighted by Gasteiger charge is 2.16. The van der Waals surface area contributed by atoms with Gasteiger partial charge in [0.25, 0.3) is 0 Å². The zero-order valence-corrected chi connectivity index (χ0v) is 18.3. The molecule has 0 N–H and O–H groups in total. The van der Waals surface area contributed by atoms with E-state index >= 15 is 0 Å². The van der Waals surface area contributed by atoms with Crippen LogP contribution >= 0.6 is 34.5 Å². The topological polar surface area (TPSA) is 68.5 Å². The molecule has 29 heavy (non-hydrogen) atoms. The van der Waals surface area contributed by atoms with Gasteiger partial charge in [-0.2, -0.15) is 4.99 Å². The normalized spacial score (nSPS) is 12.2. The van der Waals surface area contributed by atoms with Gasteiger partial charge in [-0.05, 0) is 30.7 Å². The molecule has 0 spiro atoms. The first-order valence-corrected chi connectivity index (χ1v) is 11.8. The van der Waals surface area contributed by atoms with Crippen molar-refractivity contribution in [3.8, 4) is 12.3 Å². The van der Waals surface area contributed by atoms with Crippen molar-refractivity contribution in [1.29, 1.82) is 0 Å². The van der Waals surface area contributed by atoms with E-state index in [2.05, 4.69) is 10.9 Å². The van der Waals surface area contributed by atoms with Crippen molar-refractivity contribution in [1.82, 2.24) is 4.57 Å². The van der Waals surface area contributed by atoms with E-state index in [0.717, 1.165) is 0 Å². The fourth-order valence-corrected chi connectivity index (χ4v) is 5.75. The predicted molar refractivity (Wildman–Crippen MR) is 117 cm³/mol. The van der Waals surface area contributed by atoms with E-state index in [9.17, 15) is 13.2 Å². The van der Waals surface area contributed by atoms with Gasteiger partial charge < -0.3 is 4.57 Å². The number of hydrogen-bond donors (Lipinski definition) is 0. The molecule has 0 aliphatic heterocycles. The fraction of sp³-hybridized carbons (Fsp3) is 0.200. The lowest BCUT2D eigenvalue weighted by atomic mass is 10.3. The summed E-state index contributed by atoms with van der Waals surface area (Å²) in [5.41, 5.74) is 0.625. The Labute approximate surface area is 182 Å². The van der Waals surface area contributed by atoms with Gasteiger partial charge in [0.1, 0.15) is 0 Å². The smallest absolute Gasteiger partial charge is 0.248 e. The molecule has 3 rings (SSSR count). The lowest BCUT2D eigenvalue weighted by Crippen LogP contribution is -2.17. The number of carbonyl (C=O) groups is 1. The fourth-order valence-electron chi connectivity index (χ4n) is 2.76. The van der Waals surface area contributed by atoms with Gasteiger partial charge in [0.15, 0.2) is 14.6 Å². The number of fused-ring (bicyclic) bond motifs is 1. The van der Waals surface area contributed by atoms with Crippen LogP contribution in [0.5, 0.6) is 0 Å². The van der Waals surface area contributed by atoms with Gasteiger partial charge in [-0.1, -0.05) is 58.7 Å². The van der Waals surface area contributed by atoms with E-state index in [1.54, 1.807) is 34.9 Å². The van der Waals surface area contributed by atoms with Crippen LogP contribution in [0.15, 0.2) is 52.4 Å². The maximum absolute atomic E-state index is 12.4. The summed E-state index contributed by atoms with van der Waals surface area (Å²) in [5.74, 6) is 1.96. The summed E-state index contributed by atoms with van der Waals surface area (Å²) in [7, 11) is -3.44. The summed E-state index contributed by atoms with van der Waals surface area (Å²) in [6.45, 7) is 0.175. The predicted octanol–water partition coefficient (Wildman–Crippen LogP) is 4.32. The average Bonchev–Trinajstić information content (AvgIpc) is 3.05. The van der Waals surface area contributed by atoms with Crippen molar-refractivity contribution in [2.45, 2.75) is 24.3 Å². The van der Waals surface area contributed by atoms with E-state index < -0.39 is 15.7 Å². The minimum atomic E-state index is -3.44. The van der Waals surface area contributed by atoms with Crippen LogP contribution < -0.4 is 4.80 Å². The van der Waals surface area contributed by atoms with Crippen molar-refractivity contribution < 1.29 is 13.2 Å². The third-order valence-electron chi connectivity index (χ3n) is 4.10. The van der Waals surface area contributed by atoms with Gasteiger partial charge in [-0.15, -0.1) is 6.42 Å². The molecule has 0 atom stereocenters. The minimum absolute atomic E-state index is 0.00216. The molecule has 3 aromatic rings. The molecule has 1 heterocycles. The molecule has 1 amide bonds. The molecule has 0 fully saturated rings. The summed E-state index contributed by atoms with van der Waals surface area (Å²) in [6, 6.07) is 11.5.